The number of aryl methyl sites for hydroxylation is 1. The minimum Gasteiger partial charge on any atom is -0.493 e. The zero-order valence-corrected chi connectivity index (χ0v) is 22.1. The lowest BCUT2D eigenvalue weighted by atomic mass is 10.1. The van der Waals surface area contributed by atoms with Gasteiger partial charge in [0.1, 0.15) is 12.3 Å². The predicted molar refractivity (Wildman–Crippen MR) is 144 cm³/mol. The zero-order chi connectivity index (χ0) is 24.4. The third-order valence-corrected chi connectivity index (χ3v) is 7.62. The van der Waals surface area contributed by atoms with Crippen molar-refractivity contribution in [1.82, 2.24) is 5.32 Å². The molecule has 0 radical (unpaired) electrons. The first kappa shape index (κ1) is 26.0. The lowest BCUT2D eigenvalue weighted by Gasteiger charge is -2.24. The van der Waals surface area contributed by atoms with E-state index in [4.69, 9.17) is 4.74 Å². The highest BCUT2D eigenvalue weighted by molar-refractivity contribution is 14.1. The maximum atomic E-state index is 13.3. The van der Waals surface area contributed by atoms with Crippen molar-refractivity contribution >= 4 is 44.2 Å². The summed E-state index contributed by atoms with van der Waals surface area (Å²) in [6.07, 6.45) is 2.41. The number of nitrogens with one attached hydrogen (secondary N) is 1. The molecule has 0 fully saturated rings. The topological polar surface area (TPSA) is 75.7 Å². The maximum Gasteiger partial charge on any atom is 0.264 e. The van der Waals surface area contributed by atoms with E-state index in [0.717, 1.165) is 32.0 Å². The number of hydrogen-bond acceptors (Lipinski definition) is 4. The lowest BCUT2D eigenvalue weighted by Crippen LogP contribution is -2.41. The third kappa shape index (κ3) is 7.20. The molecular weight excluding hydrogens is 563 g/mol. The van der Waals surface area contributed by atoms with Gasteiger partial charge in [-0.2, -0.15) is 0 Å². The fourth-order valence-corrected chi connectivity index (χ4v) is 5.20. The van der Waals surface area contributed by atoms with Crippen molar-refractivity contribution in [3.8, 4) is 5.75 Å². The van der Waals surface area contributed by atoms with Crippen LogP contribution in [0.3, 0.4) is 0 Å². The van der Waals surface area contributed by atoms with Crippen LogP contribution >= 0.6 is 22.6 Å². The summed E-state index contributed by atoms with van der Waals surface area (Å²) in [5, 5.41) is 2.86. The summed E-state index contributed by atoms with van der Waals surface area (Å²) in [5.41, 5.74) is 1.54. The Bertz CT molecular complexity index is 1170. The molecule has 3 rings (SSSR count). The highest BCUT2D eigenvalue weighted by Gasteiger charge is 2.27. The van der Waals surface area contributed by atoms with Crippen molar-refractivity contribution in [3.05, 3.63) is 88.0 Å². The molecule has 8 heteroatoms. The second kappa shape index (κ2) is 12.8. The molecule has 3 aromatic rings. The zero-order valence-electron chi connectivity index (χ0n) is 19.1. The maximum absolute atomic E-state index is 13.3. The first-order chi connectivity index (χ1) is 16.4. The van der Waals surface area contributed by atoms with Crippen LogP contribution in [0.15, 0.2) is 83.8 Å². The molecule has 6 nitrogen and oxygen atoms in total. The van der Waals surface area contributed by atoms with Gasteiger partial charge in [0.2, 0.25) is 5.91 Å². The molecule has 0 aliphatic rings. The van der Waals surface area contributed by atoms with Crippen LogP contribution in [0.4, 0.5) is 5.69 Å². The molecule has 0 aromatic heterocycles. The van der Waals surface area contributed by atoms with E-state index in [1.54, 1.807) is 30.3 Å². The Hall–Kier alpha value is -2.59. The molecule has 3 aromatic carbocycles. The SMILES string of the molecule is CCCOc1ccccc1CCCNC(=O)CN(c1ccc(I)cc1)S(=O)(=O)c1ccccc1. The van der Waals surface area contributed by atoms with E-state index in [-0.39, 0.29) is 17.3 Å². The predicted octanol–water partition coefficient (Wildman–Crippen LogP) is 5.02. The minimum atomic E-state index is -3.90. The summed E-state index contributed by atoms with van der Waals surface area (Å²) < 4.78 is 34.6. The van der Waals surface area contributed by atoms with Gasteiger partial charge in [0.05, 0.1) is 17.2 Å². The van der Waals surface area contributed by atoms with Crippen molar-refractivity contribution in [2.45, 2.75) is 31.1 Å². The van der Waals surface area contributed by atoms with E-state index < -0.39 is 10.0 Å². The highest BCUT2D eigenvalue weighted by Crippen LogP contribution is 2.24. The average molecular weight is 592 g/mol. The van der Waals surface area contributed by atoms with E-state index in [9.17, 15) is 13.2 Å². The molecule has 0 atom stereocenters. The molecule has 0 saturated carbocycles. The molecular formula is C26H29IN2O4S. The number of halogens is 1. The van der Waals surface area contributed by atoms with Gasteiger partial charge in [-0.25, -0.2) is 8.42 Å². The number of benzene rings is 3. The van der Waals surface area contributed by atoms with Crippen LogP contribution in [0.5, 0.6) is 5.75 Å². The lowest BCUT2D eigenvalue weighted by molar-refractivity contribution is -0.119. The monoisotopic (exact) mass is 592 g/mol. The summed E-state index contributed by atoms with van der Waals surface area (Å²) >= 11 is 2.16. The number of carbonyl (C=O) groups is 1. The van der Waals surface area contributed by atoms with Gasteiger partial charge in [-0.3, -0.25) is 9.10 Å². The van der Waals surface area contributed by atoms with E-state index in [2.05, 4.69) is 34.8 Å². The summed E-state index contributed by atoms with van der Waals surface area (Å²) in [6, 6.07) is 23.1. The fraction of sp³-hybridized carbons (Fsp3) is 0.269. The van der Waals surface area contributed by atoms with Gasteiger partial charge in [0.25, 0.3) is 10.0 Å². The third-order valence-electron chi connectivity index (χ3n) is 5.11. The van der Waals surface area contributed by atoms with E-state index in [1.807, 2.05) is 36.4 Å². The summed E-state index contributed by atoms with van der Waals surface area (Å²) in [5.74, 6) is 0.517. The van der Waals surface area contributed by atoms with Crippen molar-refractivity contribution in [2.24, 2.45) is 0 Å². The number of hydrogen-bond donors (Lipinski definition) is 1. The van der Waals surface area contributed by atoms with Gasteiger partial charge in [-0.1, -0.05) is 43.3 Å². The number of sulfonamides is 1. The number of carbonyl (C=O) groups excluding carboxylic acids is 1. The van der Waals surface area contributed by atoms with Gasteiger partial charge in [-0.05, 0) is 89.9 Å². The van der Waals surface area contributed by atoms with Crippen LogP contribution in [0.1, 0.15) is 25.3 Å². The quantitative estimate of drug-likeness (QED) is 0.237. The smallest absolute Gasteiger partial charge is 0.264 e. The molecule has 0 bridgehead atoms. The second-order valence-corrected chi connectivity index (χ2v) is 10.8. The molecule has 1 N–H and O–H groups in total. The molecule has 0 aliphatic carbocycles. The normalized spacial score (nSPS) is 11.1. The standard InChI is InChI=1S/C26H29IN2O4S/c1-2-19-33-25-13-7-6-9-21(25)10-8-18-28-26(30)20-29(23-16-14-22(27)15-17-23)34(31,32)24-11-4-3-5-12-24/h3-7,9,11-17H,2,8,10,18-20H2,1H3,(H,28,30). The van der Waals surface area contributed by atoms with Crippen LogP contribution in [0.25, 0.3) is 0 Å². The average Bonchev–Trinajstić information content (AvgIpc) is 2.85. The van der Waals surface area contributed by atoms with Crippen molar-refractivity contribution < 1.29 is 17.9 Å². The van der Waals surface area contributed by atoms with E-state index in [1.165, 1.54) is 12.1 Å². The Kier molecular flexibility index (Phi) is 9.76. The van der Waals surface area contributed by atoms with Gasteiger partial charge in [0, 0.05) is 10.1 Å². The molecule has 34 heavy (non-hydrogen) atoms. The van der Waals surface area contributed by atoms with Crippen molar-refractivity contribution in [3.63, 3.8) is 0 Å². The summed E-state index contributed by atoms with van der Waals surface area (Å²) in [7, 11) is -3.90. The number of anilines is 1. The van der Waals surface area contributed by atoms with E-state index in [0.29, 0.717) is 25.3 Å². The van der Waals surface area contributed by atoms with Crippen LogP contribution in [0.2, 0.25) is 0 Å². The Labute approximate surface area is 215 Å². The molecule has 180 valence electrons. The Balaban J connectivity index is 1.64. The molecule has 0 saturated heterocycles. The number of nitrogens with zero attached hydrogens (tertiary/aromatic N) is 1. The van der Waals surface area contributed by atoms with Crippen LogP contribution in [0, 0.1) is 3.57 Å². The van der Waals surface area contributed by atoms with Gasteiger partial charge in [-0.15, -0.1) is 0 Å². The van der Waals surface area contributed by atoms with Gasteiger partial charge in [0.15, 0.2) is 0 Å². The number of amides is 1. The minimum absolute atomic E-state index is 0.144. The summed E-state index contributed by atoms with van der Waals surface area (Å²) in [4.78, 5) is 12.9. The highest BCUT2D eigenvalue weighted by atomic mass is 127. The second-order valence-electron chi connectivity index (χ2n) is 7.71. The molecule has 0 unspecified atom stereocenters. The first-order valence-electron chi connectivity index (χ1n) is 11.2. The van der Waals surface area contributed by atoms with Crippen LogP contribution in [-0.4, -0.2) is 34.0 Å². The van der Waals surface area contributed by atoms with Crippen molar-refractivity contribution in [1.29, 1.82) is 0 Å². The van der Waals surface area contributed by atoms with Gasteiger partial charge < -0.3 is 10.1 Å². The van der Waals surface area contributed by atoms with Crippen LogP contribution < -0.4 is 14.4 Å². The largest absolute Gasteiger partial charge is 0.493 e. The molecule has 0 aliphatic heterocycles. The van der Waals surface area contributed by atoms with Crippen LogP contribution in [-0.2, 0) is 21.2 Å². The Morgan fingerprint density at radius 1 is 0.971 bits per heavy atom. The summed E-state index contributed by atoms with van der Waals surface area (Å²) in [6.45, 7) is 2.87. The first-order valence-corrected chi connectivity index (χ1v) is 13.7. The number of para-hydroxylation sites is 1. The number of rotatable bonds is 12. The molecule has 1 amide bonds. The Morgan fingerprint density at radius 2 is 1.65 bits per heavy atom. The fourth-order valence-electron chi connectivity index (χ4n) is 3.40. The molecule has 0 spiro atoms. The van der Waals surface area contributed by atoms with Crippen molar-refractivity contribution in [2.75, 3.05) is 24.0 Å². The van der Waals surface area contributed by atoms with E-state index >= 15 is 0 Å². The number of ether oxygens (including phenoxy) is 1. The Morgan fingerprint density at radius 3 is 2.35 bits per heavy atom. The van der Waals surface area contributed by atoms with Gasteiger partial charge >= 0.3 is 0 Å². The molecule has 0 heterocycles.